The first-order valence-electron chi connectivity index (χ1n) is 8.71. The number of carbonyl (C=O) groups excluding carboxylic acids is 1. The van der Waals surface area contributed by atoms with Crippen LogP contribution < -0.4 is 10.3 Å². The second-order valence-electron chi connectivity index (χ2n) is 6.76. The Balaban J connectivity index is 1.63. The van der Waals surface area contributed by atoms with Gasteiger partial charge in [0.25, 0.3) is 11.5 Å². The van der Waals surface area contributed by atoms with Crippen LogP contribution in [0.1, 0.15) is 34.5 Å². The van der Waals surface area contributed by atoms with E-state index in [0.29, 0.717) is 31.5 Å². The van der Waals surface area contributed by atoms with Crippen molar-refractivity contribution in [1.82, 2.24) is 19.8 Å². The molecule has 2 N–H and O–H groups in total. The number of carbonyl (C=O) groups is 1. The number of aromatic nitrogens is 2. The number of benzene rings is 1. The Bertz CT molecular complexity index is 988. The SMILES string of the molecule is Cc1ccc(S(=O)(=O)NC2CCN(C(=O)c3ccc(=O)[nH]n3)CC2)c(C)c1. The summed E-state index contributed by atoms with van der Waals surface area (Å²) >= 11 is 0. The maximum absolute atomic E-state index is 12.7. The van der Waals surface area contributed by atoms with E-state index < -0.39 is 10.0 Å². The molecule has 0 radical (unpaired) electrons. The number of aryl methyl sites for hydroxylation is 2. The molecule has 3 rings (SSSR count). The van der Waals surface area contributed by atoms with Gasteiger partial charge in [-0.2, -0.15) is 5.10 Å². The second-order valence-corrected chi connectivity index (χ2v) is 8.45. The minimum Gasteiger partial charge on any atom is -0.337 e. The fraction of sp³-hybridized carbons (Fsp3) is 0.389. The zero-order valence-corrected chi connectivity index (χ0v) is 16.0. The molecule has 1 amide bonds. The number of nitrogens with one attached hydrogen (secondary N) is 2. The third kappa shape index (κ3) is 4.42. The first-order valence-corrected chi connectivity index (χ1v) is 10.2. The van der Waals surface area contributed by atoms with Gasteiger partial charge in [-0.05, 0) is 44.4 Å². The molecule has 1 saturated heterocycles. The van der Waals surface area contributed by atoms with Crippen molar-refractivity contribution >= 4 is 15.9 Å². The third-order valence-electron chi connectivity index (χ3n) is 4.62. The molecule has 27 heavy (non-hydrogen) atoms. The van der Waals surface area contributed by atoms with Gasteiger partial charge in [-0.1, -0.05) is 17.7 Å². The summed E-state index contributed by atoms with van der Waals surface area (Å²) in [5.41, 5.74) is 1.52. The van der Waals surface area contributed by atoms with Gasteiger partial charge in [0.1, 0.15) is 5.69 Å². The van der Waals surface area contributed by atoms with Crippen molar-refractivity contribution in [2.24, 2.45) is 0 Å². The molecular formula is C18H22N4O4S. The lowest BCUT2D eigenvalue weighted by molar-refractivity contribution is 0.0704. The molecule has 1 fully saturated rings. The van der Waals surface area contributed by atoms with Crippen molar-refractivity contribution < 1.29 is 13.2 Å². The molecule has 1 aliphatic rings. The lowest BCUT2D eigenvalue weighted by Gasteiger charge is -2.32. The Kier molecular flexibility index (Phi) is 5.43. The Morgan fingerprint density at radius 1 is 1.19 bits per heavy atom. The minimum absolute atomic E-state index is 0.170. The summed E-state index contributed by atoms with van der Waals surface area (Å²) in [7, 11) is -3.61. The first kappa shape index (κ1) is 19.2. The molecule has 2 aromatic rings. The highest BCUT2D eigenvalue weighted by atomic mass is 32.2. The predicted molar refractivity (Wildman–Crippen MR) is 100 cm³/mol. The van der Waals surface area contributed by atoms with Crippen LogP contribution >= 0.6 is 0 Å². The summed E-state index contributed by atoms with van der Waals surface area (Å²) in [6, 6.07) is 7.64. The van der Waals surface area contributed by atoms with Crippen LogP contribution in [0.4, 0.5) is 0 Å². The number of sulfonamides is 1. The molecule has 8 nitrogen and oxygen atoms in total. The van der Waals surface area contributed by atoms with E-state index in [4.69, 9.17) is 0 Å². The van der Waals surface area contributed by atoms with Gasteiger partial charge in [-0.3, -0.25) is 9.59 Å². The second kappa shape index (κ2) is 7.61. The maximum Gasteiger partial charge on any atom is 0.274 e. The molecule has 1 aromatic heterocycles. The van der Waals surface area contributed by atoms with Crippen LogP contribution in [0.15, 0.2) is 40.0 Å². The number of amides is 1. The van der Waals surface area contributed by atoms with E-state index in [1.165, 1.54) is 12.1 Å². The van der Waals surface area contributed by atoms with Crippen molar-refractivity contribution in [1.29, 1.82) is 0 Å². The van der Waals surface area contributed by atoms with Crippen LogP contribution in [0.3, 0.4) is 0 Å². The number of aromatic amines is 1. The molecule has 144 valence electrons. The number of hydrogen-bond acceptors (Lipinski definition) is 5. The number of nitrogens with zero attached hydrogens (tertiary/aromatic N) is 2. The van der Waals surface area contributed by atoms with Gasteiger partial charge in [0.15, 0.2) is 0 Å². The molecule has 0 saturated carbocycles. The van der Waals surface area contributed by atoms with Crippen molar-refractivity contribution in [2.45, 2.75) is 37.6 Å². The van der Waals surface area contributed by atoms with E-state index in [2.05, 4.69) is 14.9 Å². The van der Waals surface area contributed by atoms with E-state index in [9.17, 15) is 18.0 Å². The van der Waals surface area contributed by atoms with E-state index in [-0.39, 0.29) is 28.1 Å². The van der Waals surface area contributed by atoms with Crippen LogP contribution in [-0.2, 0) is 10.0 Å². The van der Waals surface area contributed by atoms with Crippen molar-refractivity contribution in [3.05, 3.63) is 57.5 Å². The number of hydrogen-bond donors (Lipinski definition) is 2. The molecule has 9 heteroatoms. The van der Waals surface area contributed by atoms with E-state index >= 15 is 0 Å². The number of piperidine rings is 1. The van der Waals surface area contributed by atoms with Crippen LogP contribution in [0.5, 0.6) is 0 Å². The lowest BCUT2D eigenvalue weighted by atomic mass is 10.1. The zero-order valence-electron chi connectivity index (χ0n) is 15.2. The van der Waals surface area contributed by atoms with Crippen molar-refractivity contribution in [3.8, 4) is 0 Å². The molecule has 2 heterocycles. The van der Waals surface area contributed by atoms with E-state index in [0.717, 1.165) is 5.56 Å². The summed E-state index contributed by atoms with van der Waals surface area (Å²) in [6.45, 7) is 4.53. The average molecular weight is 390 g/mol. The highest BCUT2D eigenvalue weighted by Crippen LogP contribution is 2.19. The highest BCUT2D eigenvalue weighted by molar-refractivity contribution is 7.89. The van der Waals surface area contributed by atoms with Gasteiger partial charge >= 0.3 is 0 Å². The predicted octanol–water partition coefficient (Wildman–Crippen LogP) is 0.970. The van der Waals surface area contributed by atoms with Gasteiger partial charge in [0.05, 0.1) is 4.90 Å². The highest BCUT2D eigenvalue weighted by Gasteiger charge is 2.28. The van der Waals surface area contributed by atoms with Crippen LogP contribution in [0.25, 0.3) is 0 Å². The van der Waals surface area contributed by atoms with Gasteiger partial charge in [-0.15, -0.1) is 0 Å². The molecule has 0 atom stereocenters. The lowest BCUT2D eigenvalue weighted by Crippen LogP contribution is -2.46. The minimum atomic E-state index is -3.61. The van der Waals surface area contributed by atoms with Gasteiger partial charge < -0.3 is 4.90 Å². The monoisotopic (exact) mass is 390 g/mol. The molecule has 1 aliphatic heterocycles. The molecular weight excluding hydrogens is 368 g/mol. The summed E-state index contributed by atoms with van der Waals surface area (Å²) < 4.78 is 28.1. The molecule has 0 bridgehead atoms. The van der Waals surface area contributed by atoms with Gasteiger partial charge in [-0.25, -0.2) is 18.2 Å². The largest absolute Gasteiger partial charge is 0.337 e. The van der Waals surface area contributed by atoms with Crippen LogP contribution in [0.2, 0.25) is 0 Å². The summed E-state index contributed by atoms with van der Waals surface area (Å²) in [5, 5.41) is 5.99. The quantitative estimate of drug-likeness (QED) is 0.808. The molecule has 1 aromatic carbocycles. The van der Waals surface area contributed by atoms with E-state index in [1.807, 2.05) is 13.0 Å². The summed E-state index contributed by atoms with van der Waals surface area (Å²) in [6.07, 6.45) is 1.03. The topological polar surface area (TPSA) is 112 Å². The molecule has 0 unspecified atom stereocenters. The normalized spacial score (nSPS) is 15.7. The standard InChI is InChI=1S/C18H22N4O4S/c1-12-3-5-16(13(2)11-12)27(25,26)21-14-7-9-22(10-8-14)18(24)15-4-6-17(23)20-19-15/h3-6,11,14,21H,7-10H2,1-2H3,(H,20,23). The Labute approximate surface area is 157 Å². The Hall–Kier alpha value is -2.52. The fourth-order valence-corrected chi connectivity index (χ4v) is 4.74. The van der Waals surface area contributed by atoms with Crippen molar-refractivity contribution in [2.75, 3.05) is 13.1 Å². The van der Waals surface area contributed by atoms with Gasteiger partial charge in [0.2, 0.25) is 10.0 Å². The Morgan fingerprint density at radius 3 is 2.48 bits per heavy atom. The maximum atomic E-state index is 12.7. The number of rotatable bonds is 4. The average Bonchev–Trinajstić information content (AvgIpc) is 2.62. The van der Waals surface area contributed by atoms with Crippen LogP contribution in [0, 0.1) is 13.8 Å². The van der Waals surface area contributed by atoms with E-state index in [1.54, 1.807) is 24.0 Å². The smallest absolute Gasteiger partial charge is 0.274 e. The van der Waals surface area contributed by atoms with Crippen molar-refractivity contribution in [3.63, 3.8) is 0 Å². The first-order chi connectivity index (χ1) is 12.8. The Morgan fingerprint density at radius 2 is 1.89 bits per heavy atom. The molecule has 0 spiro atoms. The van der Waals surface area contributed by atoms with Crippen LogP contribution in [-0.4, -0.2) is 48.6 Å². The molecule has 0 aliphatic carbocycles. The zero-order chi connectivity index (χ0) is 19.6. The fourth-order valence-electron chi connectivity index (χ4n) is 3.21. The summed E-state index contributed by atoms with van der Waals surface area (Å²) in [5.74, 6) is -0.276. The number of likely N-dealkylation sites (tertiary alicyclic amines) is 1. The number of H-pyrrole nitrogens is 1. The van der Waals surface area contributed by atoms with Gasteiger partial charge in [0, 0.05) is 25.2 Å². The summed E-state index contributed by atoms with van der Waals surface area (Å²) in [4.78, 5) is 25.3. The third-order valence-corrected chi connectivity index (χ3v) is 6.30.